The fourth-order valence-electron chi connectivity index (χ4n) is 1.73. The molecule has 0 spiro atoms. The first-order valence-corrected chi connectivity index (χ1v) is 8.55. The number of nitrogens with one attached hydrogen (secondary N) is 1. The highest BCUT2D eigenvalue weighted by Gasteiger charge is 2.15. The van der Waals surface area contributed by atoms with Crippen LogP contribution in [0.25, 0.3) is 0 Å². The third-order valence-electron chi connectivity index (χ3n) is 2.88. The van der Waals surface area contributed by atoms with E-state index in [2.05, 4.69) is 30.4 Å². The monoisotopic (exact) mass is 288 g/mol. The highest BCUT2D eigenvalue weighted by atomic mass is 32.2. The van der Waals surface area contributed by atoms with Gasteiger partial charge in [-0.3, -0.25) is 0 Å². The van der Waals surface area contributed by atoms with Gasteiger partial charge in [0.05, 0.1) is 18.3 Å². The third kappa shape index (κ3) is 5.26. The Morgan fingerprint density at radius 1 is 1.44 bits per heavy atom. The number of hydrogen-bond acceptors (Lipinski definition) is 5. The van der Waals surface area contributed by atoms with Crippen LogP contribution in [0.1, 0.15) is 34.5 Å². The molecule has 1 unspecified atom stereocenters. The van der Waals surface area contributed by atoms with Crippen LogP contribution in [0.5, 0.6) is 0 Å². The van der Waals surface area contributed by atoms with Crippen molar-refractivity contribution in [3.8, 4) is 0 Å². The minimum Gasteiger partial charge on any atom is -0.383 e. The highest BCUT2D eigenvalue weighted by Crippen LogP contribution is 2.26. The molecule has 1 N–H and O–H groups in total. The lowest BCUT2D eigenvalue weighted by molar-refractivity contribution is 0.195. The van der Waals surface area contributed by atoms with Crippen LogP contribution in [0.15, 0.2) is 0 Å². The molecule has 5 heteroatoms. The summed E-state index contributed by atoms with van der Waals surface area (Å²) in [5.41, 5.74) is 1.17. The van der Waals surface area contributed by atoms with E-state index in [0.29, 0.717) is 6.04 Å². The Hall–Kier alpha value is -0.100. The van der Waals surface area contributed by atoms with Crippen molar-refractivity contribution in [1.29, 1.82) is 0 Å². The largest absolute Gasteiger partial charge is 0.383 e. The first-order valence-electron chi connectivity index (χ1n) is 6.34. The molecule has 0 aliphatic heterocycles. The Morgan fingerprint density at radius 3 is 2.78 bits per heavy atom. The van der Waals surface area contributed by atoms with E-state index in [9.17, 15) is 0 Å². The number of thiazole rings is 1. The van der Waals surface area contributed by atoms with Crippen molar-refractivity contribution in [2.24, 2.45) is 0 Å². The van der Waals surface area contributed by atoms with E-state index >= 15 is 0 Å². The first kappa shape index (κ1) is 16.0. The average molecular weight is 288 g/mol. The van der Waals surface area contributed by atoms with Crippen LogP contribution < -0.4 is 5.32 Å². The zero-order valence-electron chi connectivity index (χ0n) is 11.8. The quantitative estimate of drug-likeness (QED) is 0.708. The molecule has 0 radical (unpaired) electrons. The van der Waals surface area contributed by atoms with Crippen LogP contribution in [0, 0.1) is 13.8 Å². The molecule has 1 atom stereocenters. The highest BCUT2D eigenvalue weighted by molar-refractivity contribution is 7.98. The molecule has 104 valence electrons. The Morgan fingerprint density at radius 2 is 2.22 bits per heavy atom. The van der Waals surface area contributed by atoms with E-state index in [-0.39, 0.29) is 0 Å². The number of methoxy groups -OCH3 is 1. The number of aryl methyl sites for hydroxylation is 2. The minimum atomic E-state index is 0.379. The third-order valence-corrected chi connectivity index (χ3v) is 4.76. The van der Waals surface area contributed by atoms with Crippen molar-refractivity contribution in [2.45, 2.75) is 32.7 Å². The Balaban J connectivity index is 2.57. The van der Waals surface area contributed by atoms with Crippen LogP contribution >= 0.6 is 23.1 Å². The van der Waals surface area contributed by atoms with Crippen molar-refractivity contribution in [3.05, 3.63) is 15.6 Å². The fraction of sp³-hybridized carbons (Fsp3) is 0.769. The molecule has 0 fully saturated rings. The molecule has 0 aromatic carbocycles. The summed E-state index contributed by atoms with van der Waals surface area (Å²) in [6, 6.07) is 0.379. The lowest BCUT2D eigenvalue weighted by Gasteiger charge is -2.16. The summed E-state index contributed by atoms with van der Waals surface area (Å²) in [6.45, 7) is 5.87. The molecule has 18 heavy (non-hydrogen) atoms. The van der Waals surface area contributed by atoms with Gasteiger partial charge in [-0.15, -0.1) is 11.3 Å². The molecule has 3 nitrogen and oxygen atoms in total. The predicted molar refractivity (Wildman–Crippen MR) is 81.8 cm³/mol. The molecule has 0 amide bonds. The predicted octanol–water partition coefficient (Wildman–Crippen LogP) is 3.18. The summed E-state index contributed by atoms with van der Waals surface area (Å²) in [5.74, 6) is 1.21. The van der Waals surface area contributed by atoms with E-state index in [1.54, 1.807) is 7.11 Å². The molecule has 0 saturated carbocycles. The normalized spacial score (nSPS) is 12.9. The molecule has 0 aliphatic carbocycles. The van der Waals surface area contributed by atoms with E-state index in [4.69, 9.17) is 4.74 Å². The maximum absolute atomic E-state index is 5.10. The topological polar surface area (TPSA) is 34.1 Å². The molecule has 1 aromatic heterocycles. The Bertz CT molecular complexity index is 312. The second-order valence-corrected chi connectivity index (χ2v) is 6.55. The zero-order valence-corrected chi connectivity index (χ0v) is 13.4. The lowest BCUT2D eigenvalue weighted by atomic mass is 10.2. The molecule has 0 bridgehead atoms. The summed E-state index contributed by atoms with van der Waals surface area (Å²) in [7, 11) is 1.74. The average Bonchev–Trinajstić information content (AvgIpc) is 2.68. The second-order valence-electron chi connectivity index (χ2n) is 4.33. The van der Waals surface area contributed by atoms with Crippen molar-refractivity contribution in [1.82, 2.24) is 10.3 Å². The van der Waals surface area contributed by atoms with Gasteiger partial charge in [-0.05, 0) is 38.7 Å². The number of nitrogens with zero attached hydrogens (tertiary/aromatic N) is 1. The summed E-state index contributed by atoms with van der Waals surface area (Å²) in [4.78, 5) is 6.00. The SMILES string of the molecule is COCCNC(CCCSC)c1nc(C)c(C)s1. The number of ether oxygens (including phenoxy) is 1. The van der Waals surface area contributed by atoms with E-state index < -0.39 is 0 Å². The number of thioether (sulfide) groups is 1. The van der Waals surface area contributed by atoms with Gasteiger partial charge in [-0.2, -0.15) is 11.8 Å². The van der Waals surface area contributed by atoms with Crippen LogP contribution in [0.2, 0.25) is 0 Å². The molecular formula is C13H24N2OS2. The minimum absolute atomic E-state index is 0.379. The van der Waals surface area contributed by atoms with Crippen molar-refractivity contribution in [3.63, 3.8) is 0 Å². The van der Waals surface area contributed by atoms with Gasteiger partial charge in [-0.25, -0.2) is 4.98 Å². The van der Waals surface area contributed by atoms with Gasteiger partial charge in [0, 0.05) is 18.5 Å². The van der Waals surface area contributed by atoms with Gasteiger partial charge in [0.15, 0.2) is 0 Å². The molecule has 0 aliphatic rings. The van der Waals surface area contributed by atoms with Crippen LogP contribution in [-0.4, -0.2) is 37.3 Å². The lowest BCUT2D eigenvalue weighted by Crippen LogP contribution is -2.25. The van der Waals surface area contributed by atoms with Gasteiger partial charge >= 0.3 is 0 Å². The summed E-state index contributed by atoms with van der Waals surface area (Å²) < 4.78 is 5.10. The van der Waals surface area contributed by atoms with E-state index in [1.165, 1.54) is 27.8 Å². The van der Waals surface area contributed by atoms with Crippen LogP contribution in [0.4, 0.5) is 0 Å². The van der Waals surface area contributed by atoms with Gasteiger partial charge in [0.1, 0.15) is 5.01 Å². The standard InChI is InChI=1S/C13H24N2OS2/c1-10-11(2)18-13(15-10)12(6-5-9-17-4)14-7-8-16-3/h12,14H,5-9H2,1-4H3. The van der Waals surface area contributed by atoms with Gasteiger partial charge < -0.3 is 10.1 Å². The molecule has 0 saturated heterocycles. The number of aromatic nitrogens is 1. The van der Waals surface area contributed by atoms with Gasteiger partial charge in [-0.1, -0.05) is 0 Å². The van der Waals surface area contributed by atoms with Crippen molar-refractivity contribution in [2.75, 3.05) is 32.3 Å². The van der Waals surface area contributed by atoms with Crippen molar-refractivity contribution < 1.29 is 4.74 Å². The molecule has 1 aromatic rings. The summed E-state index contributed by atoms with van der Waals surface area (Å²) in [6.07, 6.45) is 4.53. The second kappa shape index (κ2) is 8.91. The Labute approximate surface area is 119 Å². The molecule has 1 rings (SSSR count). The van der Waals surface area contributed by atoms with Crippen molar-refractivity contribution >= 4 is 23.1 Å². The maximum atomic E-state index is 5.10. The summed E-state index contributed by atoms with van der Waals surface area (Å²) in [5, 5.41) is 4.77. The zero-order chi connectivity index (χ0) is 13.4. The first-order chi connectivity index (χ1) is 8.69. The van der Waals surface area contributed by atoms with E-state index in [0.717, 1.165) is 19.6 Å². The molecule has 1 heterocycles. The Kier molecular flexibility index (Phi) is 7.90. The maximum Gasteiger partial charge on any atom is 0.110 e. The number of rotatable bonds is 9. The number of hydrogen-bond donors (Lipinski definition) is 1. The fourth-order valence-corrected chi connectivity index (χ4v) is 3.21. The smallest absolute Gasteiger partial charge is 0.110 e. The van der Waals surface area contributed by atoms with E-state index in [1.807, 2.05) is 23.1 Å². The van der Waals surface area contributed by atoms with Gasteiger partial charge in [0.2, 0.25) is 0 Å². The van der Waals surface area contributed by atoms with Crippen LogP contribution in [-0.2, 0) is 4.74 Å². The van der Waals surface area contributed by atoms with Crippen LogP contribution in [0.3, 0.4) is 0 Å². The summed E-state index contributed by atoms with van der Waals surface area (Å²) >= 11 is 3.72. The molecular weight excluding hydrogens is 264 g/mol. The van der Waals surface area contributed by atoms with Gasteiger partial charge in [0.25, 0.3) is 0 Å².